The molecule has 6 heteroatoms. The van der Waals surface area contributed by atoms with Gasteiger partial charge in [-0.05, 0) is 140 Å². The van der Waals surface area contributed by atoms with E-state index in [-0.39, 0.29) is 0 Å². The number of benzene rings is 2. The molecule has 0 amide bonds. The summed E-state index contributed by atoms with van der Waals surface area (Å²) in [5, 5.41) is 8.72. The summed E-state index contributed by atoms with van der Waals surface area (Å²) in [6, 6.07) is 40.3. The fourth-order valence-electron chi connectivity index (χ4n) is 6.41. The highest BCUT2D eigenvalue weighted by molar-refractivity contribution is 5.97. The molecule has 0 unspecified atom stereocenters. The molecule has 346 valence electrons. The predicted molar refractivity (Wildman–Crippen MR) is 275 cm³/mol. The zero-order valence-electron chi connectivity index (χ0n) is 42.2. The summed E-state index contributed by atoms with van der Waals surface area (Å²) in [4.78, 5) is 29.1. The predicted octanol–water partition coefficient (Wildman–Crippen LogP) is 16.0. The lowest BCUT2D eigenvalue weighted by molar-refractivity contribution is 0.0974. The van der Waals surface area contributed by atoms with Crippen molar-refractivity contribution in [3.05, 3.63) is 190 Å². The van der Waals surface area contributed by atoms with E-state index < -0.39 is 0 Å². The van der Waals surface area contributed by atoms with Crippen molar-refractivity contribution in [1.82, 2.24) is 19.9 Å². The summed E-state index contributed by atoms with van der Waals surface area (Å²) in [5.41, 5.74) is 11.1. The Morgan fingerprint density at radius 1 is 0.569 bits per heavy atom. The Bertz CT molecular complexity index is 2230. The van der Waals surface area contributed by atoms with Crippen LogP contribution in [0.5, 0.6) is 0 Å². The molecule has 1 fully saturated rings. The molecule has 0 spiro atoms. The van der Waals surface area contributed by atoms with Gasteiger partial charge in [-0.15, -0.1) is 0 Å². The van der Waals surface area contributed by atoms with Crippen molar-refractivity contribution in [1.29, 1.82) is 5.26 Å². The largest absolute Gasteiger partial charge is 0.294 e. The lowest BCUT2D eigenvalue weighted by Gasteiger charge is -2.11. The molecule has 0 radical (unpaired) electrons. The first-order valence-corrected chi connectivity index (χ1v) is 23.7. The normalized spacial score (nSPS) is 11.4. The van der Waals surface area contributed by atoms with Crippen LogP contribution in [0, 0.1) is 37.0 Å². The van der Waals surface area contributed by atoms with Crippen LogP contribution in [0.15, 0.2) is 134 Å². The third-order valence-corrected chi connectivity index (χ3v) is 10.4. The van der Waals surface area contributed by atoms with E-state index in [9.17, 15) is 4.79 Å². The van der Waals surface area contributed by atoms with Gasteiger partial charge >= 0.3 is 0 Å². The van der Waals surface area contributed by atoms with Crippen molar-refractivity contribution in [3.8, 4) is 6.07 Å². The summed E-state index contributed by atoms with van der Waals surface area (Å²) >= 11 is 0. The smallest absolute Gasteiger partial charge is 0.163 e. The maximum Gasteiger partial charge on any atom is 0.163 e. The van der Waals surface area contributed by atoms with Crippen LogP contribution in [-0.2, 0) is 6.42 Å². The highest BCUT2D eigenvalue weighted by Gasteiger charge is 2.26. The Labute approximate surface area is 394 Å². The monoisotopic (exact) mass is 874 g/mol. The molecule has 0 saturated heterocycles. The van der Waals surface area contributed by atoms with Crippen molar-refractivity contribution in [2.75, 3.05) is 0 Å². The van der Waals surface area contributed by atoms with E-state index in [4.69, 9.17) is 5.26 Å². The number of aryl methyl sites for hydroxylation is 2. The Hall–Kier alpha value is -5.80. The van der Waals surface area contributed by atoms with Gasteiger partial charge in [-0.1, -0.05) is 150 Å². The third kappa shape index (κ3) is 23.1. The van der Waals surface area contributed by atoms with E-state index in [2.05, 4.69) is 152 Å². The highest BCUT2D eigenvalue weighted by Crippen LogP contribution is 2.34. The quantitative estimate of drug-likeness (QED) is 0.127. The van der Waals surface area contributed by atoms with Crippen LogP contribution in [-0.4, -0.2) is 25.7 Å². The summed E-state index contributed by atoms with van der Waals surface area (Å²) in [7, 11) is 0. The van der Waals surface area contributed by atoms with E-state index in [1.807, 2.05) is 104 Å². The molecule has 1 saturated carbocycles. The van der Waals surface area contributed by atoms with Gasteiger partial charge in [0.15, 0.2) is 5.78 Å². The third-order valence-electron chi connectivity index (χ3n) is 10.4. The second-order valence-corrected chi connectivity index (χ2v) is 18.8. The summed E-state index contributed by atoms with van der Waals surface area (Å²) in [6.07, 6.45) is 9.91. The molecular formula is C59H79N5O. The molecule has 1 aliphatic carbocycles. The summed E-state index contributed by atoms with van der Waals surface area (Å²) in [5.74, 6) is 4.22. The molecule has 2 aromatic carbocycles. The summed E-state index contributed by atoms with van der Waals surface area (Å²) < 4.78 is 0. The fraction of sp³-hybridized carbons (Fsp3) is 0.424. The molecule has 0 aliphatic heterocycles. The first-order chi connectivity index (χ1) is 30.9. The first kappa shape index (κ1) is 55.3. The Morgan fingerprint density at radius 3 is 1.54 bits per heavy atom. The molecule has 65 heavy (non-hydrogen) atoms. The van der Waals surface area contributed by atoms with E-state index in [1.165, 1.54) is 41.1 Å². The van der Waals surface area contributed by atoms with Crippen LogP contribution < -0.4 is 0 Å². The van der Waals surface area contributed by atoms with Gasteiger partial charge in [0.2, 0.25) is 0 Å². The maximum atomic E-state index is 12.0. The molecule has 0 bridgehead atoms. The molecule has 6 nitrogen and oxygen atoms in total. The molecule has 4 heterocycles. The number of hydrogen-bond donors (Lipinski definition) is 0. The lowest BCUT2D eigenvalue weighted by atomic mass is 9.93. The van der Waals surface area contributed by atoms with Crippen LogP contribution in [0.25, 0.3) is 0 Å². The molecule has 7 rings (SSSR count). The number of carbonyl (C=O) groups excluding carboxylic acids is 1. The van der Waals surface area contributed by atoms with Crippen molar-refractivity contribution < 1.29 is 4.79 Å². The Kier molecular flexibility index (Phi) is 25.8. The number of rotatable bonds is 10. The van der Waals surface area contributed by atoms with Gasteiger partial charge in [0.05, 0.1) is 11.6 Å². The molecule has 6 aromatic rings. The number of Topliss-reactive ketones (excluding diaryl/α,β-unsaturated/α-hetero) is 1. The highest BCUT2D eigenvalue weighted by atomic mass is 16.1. The number of carbonyl (C=O) groups is 1. The standard InChI is InChI=1S/C14H18O.C10H11N.3C9H13N.C8H11N/c1-10(2)12-5-3-4-6-13(12)14(15)9-11-7-8-11;1-8(2)10-6-4-3-5-9(10)7-11;1-7(2)9-5-4-8(3)6-10-9;1-7(2)9-6-4-5-8(3)10-9;1-8(2)7-9-5-3-4-6-10-9;1-7(2)8-5-3-4-6-9-8/h3-6,10-11H,7-9H2,1-2H3;3-6,8H,1-2H3;2*4-7H,1-3H3;3-6,8H,7H2,1-2H3;3-7H,1-2H3. The van der Waals surface area contributed by atoms with Gasteiger partial charge in [-0.2, -0.15) is 5.26 Å². The zero-order valence-corrected chi connectivity index (χ0v) is 42.2. The Morgan fingerprint density at radius 2 is 1.11 bits per heavy atom. The zero-order chi connectivity index (χ0) is 48.3. The minimum absolute atomic E-state index is 0.335. The molecule has 1 aliphatic rings. The van der Waals surface area contributed by atoms with Gasteiger partial charge in [0.1, 0.15) is 0 Å². The molecular weight excluding hydrogens is 795 g/mol. The van der Waals surface area contributed by atoms with Crippen molar-refractivity contribution in [2.45, 2.75) is 152 Å². The van der Waals surface area contributed by atoms with Gasteiger partial charge in [0, 0.05) is 59.0 Å². The fourth-order valence-corrected chi connectivity index (χ4v) is 6.41. The van der Waals surface area contributed by atoms with Gasteiger partial charge in [-0.25, -0.2) is 0 Å². The average molecular weight is 874 g/mol. The van der Waals surface area contributed by atoms with Gasteiger partial charge in [0.25, 0.3) is 0 Å². The average Bonchev–Trinajstić information content (AvgIpc) is 4.12. The molecule has 0 atom stereocenters. The minimum Gasteiger partial charge on any atom is -0.294 e. The number of nitrogens with zero attached hydrogens (tertiary/aromatic N) is 5. The molecule has 4 aromatic heterocycles. The topological polar surface area (TPSA) is 92.4 Å². The van der Waals surface area contributed by atoms with Crippen LogP contribution in [0.4, 0.5) is 0 Å². The second-order valence-electron chi connectivity index (χ2n) is 18.8. The van der Waals surface area contributed by atoms with Crippen LogP contribution in [0.2, 0.25) is 0 Å². The number of nitriles is 1. The number of ketones is 1. The number of pyridine rings is 4. The SMILES string of the molecule is CC(C)Cc1ccccn1.CC(C)c1ccccc1C#N.CC(C)c1ccccc1C(=O)CC1CC1.CC(C)c1ccccn1.Cc1ccc(C(C)C)nc1.Cc1cccc(C(C)C)n1. The van der Waals surface area contributed by atoms with Gasteiger partial charge in [-0.3, -0.25) is 24.7 Å². The summed E-state index contributed by atoms with van der Waals surface area (Å²) in [6.45, 7) is 29.8. The maximum absolute atomic E-state index is 12.0. The number of hydrogen-bond acceptors (Lipinski definition) is 6. The second kappa shape index (κ2) is 30.4. The van der Waals surface area contributed by atoms with Crippen LogP contribution >= 0.6 is 0 Å². The van der Waals surface area contributed by atoms with E-state index in [1.54, 1.807) is 0 Å². The van der Waals surface area contributed by atoms with E-state index in [0.29, 0.717) is 47.2 Å². The van der Waals surface area contributed by atoms with Crippen molar-refractivity contribution in [2.24, 2.45) is 11.8 Å². The van der Waals surface area contributed by atoms with Crippen LogP contribution in [0.3, 0.4) is 0 Å². The molecule has 0 N–H and O–H groups in total. The van der Waals surface area contributed by atoms with Gasteiger partial charge < -0.3 is 0 Å². The lowest BCUT2D eigenvalue weighted by Crippen LogP contribution is -2.05. The number of aromatic nitrogens is 4. The van der Waals surface area contributed by atoms with Crippen molar-refractivity contribution >= 4 is 5.78 Å². The van der Waals surface area contributed by atoms with Crippen LogP contribution in [0.1, 0.15) is 193 Å². The van der Waals surface area contributed by atoms with E-state index >= 15 is 0 Å². The first-order valence-electron chi connectivity index (χ1n) is 23.7. The minimum atomic E-state index is 0.335. The Balaban J connectivity index is 0.000000271. The van der Waals surface area contributed by atoms with E-state index in [0.717, 1.165) is 40.9 Å². The van der Waals surface area contributed by atoms with Crippen molar-refractivity contribution in [3.63, 3.8) is 0 Å².